The van der Waals surface area contributed by atoms with Gasteiger partial charge in [-0.1, -0.05) is 47.1 Å². The van der Waals surface area contributed by atoms with Crippen LogP contribution in [0.5, 0.6) is 0 Å². The van der Waals surface area contributed by atoms with Gasteiger partial charge < -0.3 is 10.3 Å². The zero-order valence-electron chi connectivity index (χ0n) is 16.5. The number of halogens is 1. The van der Waals surface area contributed by atoms with Crippen molar-refractivity contribution >= 4 is 34.2 Å². The number of hydrogen-bond donors (Lipinski definition) is 2. The zero-order valence-corrected chi connectivity index (χ0v) is 17.3. The van der Waals surface area contributed by atoms with Crippen LogP contribution in [-0.2, 0) is 0 Å². The summed E-state index contributed by atoms with van der Waals surface area (Å²) in [7, 11) is 0. The fraction of sp³-hybridized carbons (Fsp3) is 0.0435. The van der Waals surface area contributed by atoms with Crippen molar-refractivity contribution in [3.63, 3.8) is 0 Å². The Morgan fingerprint density at radius 2 is 1.84 bits per heavy atom. The van der Waals surface area contributed by atoms with Crippen LogP contribution >= 0.6 is 11.6 Å². The van der Waals surface area contributed by atoms with Crippen LogP contribution in [0.4, 0.5) is 5.69 Å². The lowest BCUT2D eigenvalue weighted by Crippen LogP contribution is -2.15. The Hall–Kier alpha value is -3.97. The first kappa shape index (κ1) is 19.0. The molecule has 2 heterocycles. The summed E-state index contributed by atoms with van der Waals surface area (Å²) in [5.74, 6) is 0.325. The molecule has 8 heteroatoms. The van der Waals surface area contributed by atoms with Crippen LogP contribution in [0.1, 0.15) is 16.2 Å². The van der Waals surface area contributed by atoms with Gasteiger partial charge in [-0.15, -0.1) is 5.10 Å². The minimum atomic E-state index is -0.352. The Kier molecular flexibility index (Phi) is 4.72. The second-order valence-electron chi connectivity index (χ2n) is 7.02. The highest BCUT2D eigenvalue weighted by molar-refractivity contribution is 6.30. The van der Waals surface area contributed by atoms with Gasteiger partial charge in [0.05, 0.1) is 28.1 Å². The monoisotopic (exact) mass is 428 g/mol. The van der Waals surface area contributed by atoms with E-state index in [4.69, 9.17) is 11.6 Å². The number of nitrogens with zero attached hydrogens (tertiary/aromatic N) is 4. The molecule has 0 atom stereocenters. The molecule has 0 saturated heterocycles. The molecule has 2 aromatic heterocycles. The molecule has 0 aliphatic rings. The summed E-state index contributed by atoms with van der Waals surface area (Å²) < 4.78 is 1.59. The maximum Gasteiger partial charge on any atom is 0.278 e. The molecule has 7 nitrogen and oxygen atoms in total. The highest BCUT2D eigenvalue weighted by Crippen LogP contribution is 2.28. The van der Waals surface area contributed by atoms with E-state index >= 15 is 0 Å². The standard InChI is InChI=1S/C23H17ClN6O/c1-14-21(28-29-30(14)16-8-6-7-15(24)13-16)23(31)27-18-10-3-2-9-17(18)22-25-19-11-4-5-12-20(19)26-22/h2-13H,1H3,(H,25,26)(H,27,31). The van der Waals surface area contributed by atoms with Crippen molar-refractivity contribution in [3.05, 3.63) is 89.2 Å². The van der Waals surface area contributed by atoms with Gasteiger partial charge in [-0.25, -0.2) is 9.67 Å². The molecule has 0 bridgehead atoms. The number of aromatic amines is 1. The maximum atomic E-state index is 13.0. The summed E-state index contributed by atoms with van der Waals surface area (Å²) in [6.07, 6.45) is 0. The predicted octanol–water partition coefficient (Wildman–Crippen LogP) is 5.02. The number of carbonyl (C=O) groups excluding carboxylic acids is 1. The third-order valence-electron chi connectivity index (χ3n) is 4.98. The fourth-order valence-corrected chi connectivity index (χ4v) is 3.64. The lowest BCUT2D eigenvalue weighted by Gasteiger charge is -2.09. The molecule has 0 aliphatic heterocycles. The Morgan fingerprint density at radius 3 is 2.68 bits per heavy atom. The summed E-state index contributed by atoms with van der Waals surface area (Å²) in [5, 5.41) is 11.7. The van der Waals surface area contributed by atoms with E-state index in [0.717, 1.165) is 22.3 Å². The number of carbonyl (C=O) groups is 1. The molecule has 1 amide bonds. The summed E-state index contributed by atoms with van der Waals surface area (Å²) in [6.45, 7) is 1.79. The summed E-state index contributed by atoms with van der Waals surface area (Å²) in [6, 6.07) is 22.5. The lowest BCUT2D eigenvalue weighted by molar-refractivity contribution is 0.102. The molecule has 0 spiro atoms. The number of hydrogen-bond acceptors (Lipinski definition) is 4. The first-order valence-electron chi connectivity index (χ1n) is 9.64. The van der Waals surface area contributed by atoms with Gasteiger partial charge in [0.2, 0.25) is 0 Å². The number of anilines is 1. The van der Waals surface area contributed by atoms with E-state index in [1.54, 1.807) is 23.7 Å². The summed E-state index contributed by atoms with van der Waals surface area (Å²) >= 11 is 6.08. The topological polar surface area (TPSA) is 88.5 Å². The average molecular weight is 429 g/mol. The van der Waals surface area contributed by atoms with Crippen molar-refractivity contribution in [2.24, 2.45) is 0 Å². The minimum Gasteiger partial charge on any atom is -0.338 e. The van der Waals surface area contributed by atoms with Crippen molar-refractivity contribution in [3.8, 4) is 17.1 Å². The smallest absolute Gasteiger partial charge is 0.278 e. The van der Waals surface area contributed by atoms with Crippen LogP contribution in [0.2, 0.25) is 5.02 Å². The van der Waals surface area contributed by atoms with Gasteiger partial charge in [0.1, 0.15) is 5.82 Å². The normalized spacial score (nSPS) is 11.0. The van der Waals surface area contributed by atoms with Crippen molar-refractivity contribution in [1.29, 1.82) is 0 Å². The molecule has 0 unspecified atom stereocenters. The number of amides is 1. The number of H-pyrrole nitrogens is 1. The van der Waals surface area contributed by atoms with Crippen LogP contribution in [0.25, 0.3) is 28.1 Å². The largest absolute Gasteiger partial charge is 0.338 e. The van der Waals surface area contributed by atoms with E-state index in [-0.39, 0.29) is 11.6 Å². The van der Waals surface area contributed by atoms with Gasteiger partial charge in [-0.05, 0) is 49.4 Å². The number of para-hydroxylation sites is 3. The zero-order chi connectivity index (χ0) is 21.4. The van der Waals surface area contributed by atoms with Gasteiger partial charge in [0.15, 0.2) is 5.69 Å². The van der Waals surface area contributed by atoms with Crippen LogP contribution in [0.15, 0.2) is 72.8 Å². The lowest BCUT2D eigenvalue weighted by atomic mass is 10.1. The second-order valence-corrected chi connectivity index (χ2v) is 7.45. The molecule has 5 aromatic rings. The molecule has 0 fully saturated rings. The highest BCUT2D eigenvalue weighted by atomic mass is 35.5. The molecule has 31 heavy (non-hydrogen) atoms. The van der Waals surface area contributed by atoms with Gasteiger partial charge in [-0.3, -0.25) is 4.79 Å². The number of imidazole rings is 1. The van der Waals surface area contributed by atoms with Gasteiger partial charge >= 0.3 is 0 Å². The van der Waals surface area contributed by atoms with Crippen molar-refractivity contribution in [1.82, 2.24) is 25.0 Å². The predicted molar refractivity (Wildman–Crippen MR) is 121 cm³/mol. The first-order valence-corrected chi connectivity index (χ1v) is 10.0. The molecule has 2 N–H and O–H groups in total. The number of rotatable bonds is 4. The molecular weight excluding hydrogens is 412 g/mol. The summed E-state index contributed by atoms with van der Waals surface area (Å²) in [4.78, 5) is 21.0. The number of aromatic nitrogens is 5. The Labute approximate surface area is 182 Å². The molecule has 0 aliphatic carbocycles. The van der Waals surface area contributed by atoms with Crippen LogP contribution in [0, 0.1) is 6.92 Å². The van der Waals surface area contributed by atoms with E-state index in [0.29, 0.717) is 22.2 Å². The minimum absolute atomic E-state index is 0.236. The molecule has 0 saturated carbocycles. The fourth-order valence-electron chi connectivity index (χ4n) is 3.45. The van der Waals surface area contributed by atoms with Crippen molar-refractivity contribution in [2.45, 2.75) is 6.92 Å². The molecule has 5 rings (SSSR count). The highest BCUT2D eigenvalue weighted by Gasteiger charge is 2.19. The van der Waals surface area contributed by atoms with Gasteiger partial charge in [-0.2, -0.15) is 0 Å². The number of nitrogens with one attached hydrogen (secondary N) is 2. The van der Waals surface area contributed by atoms with E-state index in [9.17, 15) is 4.79 Å². The SMILES string of the molecule is Cc1c(C(=O)Nc2ccccc2-c2nc3ccccc3[nH]2)nnn1-c1cccc(Cl)c1. The van der Waals surface area contributed by atoms with E-state index in [1.165, 1.54) is 0 Å². The van der Waals surface area contributed by atoms with Gasteiger partial charge in [0, 0.05) is 10.6 Å². The van der Waals surface area contributed by atoms with E-state index in [2.05, 4.69) is 25.6 Å². The summed E-state index contributed by atoms with van der Waals surface area (Å²) in [5.41, 5.74) is 4.78. The third-order valence-corrected chi connectivity index (χ3v) is 5.22. The molecule has 3 aromatic carbocycles. The Morgan fingerprint density at radius 1 is 1.03 bits per heavy atom. The quantitative estimate of drug-likeness (QED) is 0.420. The van der Waals surface area contributed by atoms with Crippen molar-refractivity contribution in [2.75, 3.05) is 5.32 Å². The van der Waals surface area contributed by atoms with E-state index < -0.39 is 0 Å². The van der Waals surface area contributed by atoms with E-state index in [1.807, 2.05) is 60.7 Å². The molecule has 152 valence electrons. The average Bonchev–Trinajstić information content (AvgIpc) is 3.37. The van der Waals surface area contributed by atoms with Gasteiger partial charge in [0.25, 0.3) is 5.91 Å². The maximum absolute atomic E-state index is 13.0. The Bertz CT molecular complexity index is 1390. The molecular formula is C23H17ClN6O. The second kappa shape index (κ2) is 7.70. The van der Waals surface area contributed by atoms with Crippen LogP contribution < -0.4 is 5.32 Å². The first-order chi connectivity index (χ1) is 15.1. The number of benzene rings is 3. The third kappa shape index (κ3) is 3.55. The molecule has 0 radical (unpaired) electrons. The van der Waals surface area contributed by atoms with Crippen LogP contribution in [-0.4, -0.2) is 30.9 Å². The van der Waals surface area contributed by atoms with Crippen molar-refractivity contribution < 1.29 is 4.79 Å². The Balaban J connectivity index is 1.47. The number of fused-ring (bicyclic) bond motifs is 1. The van der Waals surface area contributed by atoms with Crippen LogP contribution in [0.3, 0.4) is 0 Å².